The molecular weight excluding hydrogens is 380 g/mol. The molecular formula is C21H21F2N3OS. The Labute approximate surface area is 168 Å². The number of thiocarbonyl (C=S) groups is 1. The molecule has 1 atom stereocenters. The molecule has 2 aromatic rings. The molecule has 3 N–H and O–H groups in total. The zero-order valence-electron chi connectivity index (χ0n) is 16.0. The fraction of sp³-hybridized carbons (Fsp3) is 0.238. The quantitative estimate of drug-likeness (QED) is 0.671. The Bertz CT molecular complexity index is 994. The third-order valence-electron chi connectivity index (χ3n) is 4.72. The molecule has 1 aliphatic rings. The number of carbonyl (C=O) groups is 1. The lowest BCUT2D eigenvalue weighted by molar-refractivity contribution is -0.113. The van der Waals surface area contributed by atoms with E-state index in [4.69, 9.17) is 12.2 Å². The topological polar surface area (TPSA) is 53.2 Å². The predicted molar refractivity (Wildman–Crippen MR) is 110 cm³/mol. The molecule has 3 rings (SSSR count). The number of hydrogen-bond acceptors (Lipinski definition) is 2. The molecule has 0 aliphatic carbocycles. The second kappa shape index (κ2) is 7.67. The number of halogens is 2. The summed E-state index contributed by atoms with van der Waals surface area (Å²) in [5, 5.41) is 9.21. The van der Waals surface area contributed by atoms with Crippen LogP contribution in [0.15, 0.2) is 41.6 Å². The summed E-state index contributed by atoms with van der Waals surface area (Å²) in [7, 11) is 0. The van der Waals surface area contributed by atoms with E-state index >= 15 is 0 Å². The smallest absolute Gasteiger partial charge is 0.255 e. The van der Waals surface area contributed by atoms with E-state index in [2.05, 4.69) is 28.1 Å². The fourth-order valence-corrected chi connectivity index (χ4v) is 3.90. The van der Waals surface area contributed by atoms with Gasteiger partial charge in [-0.25, -0.2) is 8.78 Å². The first-order chi connectivity index (χ1) is 13.2. The van der Waals surface area contributed by atoms with E-state index in [-0.39, 0.29) is 5.69 Å². The van der Waals surface area contributed by atoms with Crippen molar-refractivity contribution in [1.82, 2.24) is 10.6 Å². The average molecular weight is 401 g/mol. The van der Waals surface area contributed by atoms with Crippen LogP contribution in [-0.4, -0.2) is 11.0 Å². The van der Waals surface area contributed by atoms with Crippen molar-refractivity contribution in [3.63, 3.8) is 0 Å². The largest absolute Gasteiger partial charge is 0.351 e. The zero-order chi connectivity index (χ0) is 20.6. The van der Waals surface area contributed by atoms with Crippen molar-refractivity contribution in [3.8, 4) is 0 Å². The van der Waals surface area contributed by atoms with Gasteiger partial charge in [-0.15, -0.1) is 0 Å². The maximum Gasteiger partial charge on any atom is 0.255 e. The maximum absolute atomic E-state index is 13.5. The molecule has 146 valence electrons. The molecule has 0 unspecified atom stereocenters. The molecule has 28 heavy (non-hydrogen) atoms. The van der Waals surface area contributed by atoms with Gasteiger partial charge in [0.1, 0.15) is 0 Å². The molecule has 0 fully saturated rings. The number of aryl methyl sites for hydroxylation is 3. The minimum Gasteiger partial charge on any atom is -0.351 e. The van der Waals surface area contributed by atoms with E-state index in [1.165, 1.54) is 6.07 Å². The van der Waals surface area contributed by atoms with Crippen LogP contribution >= 0.6 is 12.2 Å². The van der Waals surface area contributed by atoms with Gasteiger partial charge in [0.25, 0.3) is 5.91 Å². The van der Waals surface area contributed by atoms with Crippen molar-refractivity contribution in [2.24, 2.45) is 0 Å². The van der Waals surface area contributed by atoms with Crippen LogP contribution in [-0.2, 0) is 4.79 Å². The number of benzene rings is 2. The van der Waals surface area contributed by atoms with Gasteiger partial charge in [0.15, 0.2) is 16.7 Å². The number of rotatable bonds is 3. The average Bonchev–Trinajstić information content (AvgIpc) is 2.56. The molecule has 0 radical (unpaired) electrons. The third-order valence-corrected chi connectivity index (χ3v) is 4.94. The van der Waals surface area contributed by atoms with Crippen molar-refractivity contribution in [2.45, 2.75) is 33.7 Å². The summed E-state index contributed by atoms with van der Waals surface area (Å²) in [6.45, 7) is 7.76. The first-order valence-electron chi connectivity index (χ1n) is 8.79. The van der Waals surface area contributed by atoms with Crippen LogP contribution in [0, 0.1) is 32.4 Å². The maximum atomic E-state index is 13.5. The number of hydrogen-bond donors (Lipinski definition) is 3. The Kier molecular flexibility index (Phi) is 5.47. The molecule has 0 saturated carbocycles. The van der Waals surface area contributed by atoms with Crippen LogP contribution in [0.4, 0.5) is 14.5 Å². The van der Waals surface area contributed by atoms with Crippen LogP contribution in [0.1, 0.15) is 35.2 Å². The van der Waals surface area contributed by atoms with Crippen molar-refractivity contribution in [2.75, 3.05) is 5.32 Å². The number of amides is 1. The van der Waals surface area contributed by atoms with E-state index in [0.29, 0.717) is 16.4 Å². The van der Waals surface area contributed by atoms with Gasteiger partial charge in [0.05, 0.1) is 11.6 Å². The third kappa shape index (κ3) is 3.89. The van der Waals surface area contributed by atoms with Gasteiger partial charge in [-0.1, -0.05) is 17.7 Å². The second-order valence-electron chi connectivity index (χ2n) is 6.97. The van der Waals surface area contributed by atoms with Crippen molar-refractivity contribution >= 4 is 28.9 Å². The van der Waals surface area contributed by atoms with Crippen LogP contribution in [0.5, 0.6) is 0 Å². The Hall–Kier alpha value is -2.80. The van der Waals surface area contributed by atoms with Crippen molar-refractivity contribution in [3.05, 3.63) is 75.5 Å². The Morgan fingerprint density at radius 1 is 1.04 bits per heavy atom. The highest BCUT2D eigenvalue weighted by molar-refractivity contribution is 7.80. The SMILES string of the molecule is CC1=C(C(=O)Nc2ccc(F)c(F)c2)[C@@H](c2c(C)cc(C)cc2C)NC(=S)N1. The lowest BCUT2D eigenvalue weighted by atomic mass is 9.88. The molecule has 0 saturated heterocycles. The summed E-state index contributed by atoms with van der Waals surface area (Å²) < 4.78 is 26.7. The molecule has 0 spiro atoms. The van der Waals surface area contributed by atoms with E-state index in [1.54, 1.807) is 6.92 Å². The van der Waals surface area contributed by atoms with Gasteiger partial charge in [-0.2, -0.15) is 0 Å². The van der Waals surface area contributed by atoms with Gasteiger partial charge in [0.2, 0.25) is 0 Å². The first kappa shape index (κ1) is 19.9. The number of anilines is 1. The van der Waals surface area contributed by atoms with Gasteiger partial charge < -0.3 is 16.0 Å². The number of nitrogens with one attached hydrogen (secondary N) is 3. The molecule has 1 heterocycles. The van der Waals surface area contributed by atoms with Gasteiger partial charge in [0, 0.05) is 17.5 Å². The zero-order valence-corrected chi connectivity index (χ0v) is 16.9. The normalized spacial score (nSPS) is 16.5. The van der Waals surface area contributed by atoms with Crippen LogP contribution in [0.3, 0.4) is 0 Å². The summed E-state index contributed by atoms with van der Waals surface area (Å²) in [6, 6.07) is 6.89. The Balaban J connectivity index is 2.02. The Morgan fingerprint density at radius 2 is 1.68 bits per heavy atom. The first-order valence-corrected chi connectivity index (χ1v) is 9.20. The van der Waals surface area contributed by atoms with Gasteiger partial charge >= 0.3 is 0 Å². The minimum absolute atomic E-state index is 0.174. The lowest BCUT2D eigenvalue weighted by Crippen LogP contribution is -2.46. The Morgan fingerprint density at radius 3 is 2.29 bits per heavy atom. The van der Waals surface area contributed by atoms with Gasteiger partial charge in [-0.05, 0) is 68.7 Å². The highest BCUT2D eigenvalue weighted by Gasteiger charge is 2.32. The summed E-state index contributed by atoms with van der Waals surface area (Å²) >= 11 is 5.29. The minimum atomic E-state index is -1.02. The number of allylic oxidation sites excluding steroid dienone is 1. The summed E-state index contributed by atoms with van der Waals surface area (Å²) in [5.41, 5.74) is 5.37. The van der Waals surface area contributed by atoms with E-state index in [1.807, 2.05) is 20.8 Å². The van der Waals surface area contributed by atoms with Crippen molar-refractivity contribution in [1.29, 1.82) is 0 Å². The van der Waals surface area contributed by atoms with E-state index in [0.717, 1.165) is 34.4 Å². The molecule has 4 nitrogen and oxygen atoms in total. The lowest BCUT2D eigenvalue weighted by Gasteiger charge is -2.32. The van der Waals surface area contributed by atoms with Crippen LogP contribution in [0.25, 0.3) is 0 Å². The van der Waals surface area contributed by atoms with Crippen LogP contribution in [0.2, 0.25) is 0 Å². The van der Waals surface area contributed by atoms with Crippen LogP contribution < -0.4 is 16.0 Å². The summed E-state index contributed by atoms with van der Waals surface area (Å²) in [5.74, 6) is -2.41. The molecule has 0 aromatic heterocycles. The molecule has 1 amide bonds. The van der Waals surface area contributed by atoms with Crippen molar-refractivity contribution < 1.29 is 13.6 Å². The number of carbonyl (C=O) groups excluding carboxylic acids is 1. The highest BCUT2D eigenvalue weighted by Crippen LogP contribution is 2.32. The van der Waals surface area contributed by atoms with E-state index in [9.17, 15) is 13.6 Å². The highest BCUT2D eigenvalue weighted by atomic mass is 32.1. The standard InChI is InChI=1S/C21H21F2N3OS/c1-10-7-11(2)17(12(3)8-10)19-18(13(4)24-21(28)26-19)20(27)25-14-5-6-15(22)16(23)9-14/h5-9,19H,1-4H3,(H,25,27)(H2,24,26,28)/t19-/m1/s1. The summed E-state index contributed by atoms with van der Waals surface area (Å²) in [6.07, 6.45) is 0. The summed E-state index contributed by atoms with van der Waals surface area (Å²) in [4.78, 5) is 13.0. The molecule has 7 heteroatoms. The predicted octanol–water partition coefficient (Wildman–Crippen LogP) is 4.32. The van der Waals surface area contributed by atoms with E-state index < -0.39 is 23.6 Å². The second-order valence-corrected chi connectivity index (χ2v) is 7.37. The fourth-order valence-electron chi connectivity index (χ4n) is 3.63. The van der Waals surface area contributed by atoms with Gasteiger partial charge in [-0.3, -0.25) is 4.79 Å². The molecule has 0 bridgehead atoms. The monoisotopic (exact) mass is 401 g/mol. The molecule has 2 aromatic carbocycles. The molecule has 1 aliphatic heterocycles.